The summed E-state index contributed by atoms with van der Waals surface area (Å²) in [5.74, 6) is 0. The lowest BCUT2D eigenvalue weighted by Crippen LogP contribution is -2.26. The van der Waals surface area contributed by atoms with Crippen molar-refractivity contribution in [1.29, 1.82) is 0 Å². The summed E-state index contributed by atoms with van der Waals surface area (Å²) in [4.78, 5) is 0. The lowest BCUT2D eigenvalue weighted by Gasteiger charge is -2.31. The van der Waals surface area contributed by atoms with E-state index in [0.29, 0.717) is 0 Å². The zero-order valence-electron chi connectivity index (χ0n) is 19.0. The SMILES string of the molecule is c1ccc2c(c1)-c1ccccc1C21c2ccccc2-c2c1cc1c3c(cccc23)Cc2cscc2-1. The molecule has 1 heterocycles. The molecule has 0 fully saturated rings. The Morgan fingerprint density at radius 1 is 0.514 bits per heavy atom. The van der Waals surface area contributed by atoms with Crippen molar-refractivity contribution in [3.63, 3.8) is 0 Å². The van der Waals surface area contributed by atoms with Gasteiger partial charge in [-0.15, -0.1) is 0 Å². The fourth-order valence-corrected chi connectivity index (χ4v) is 8.25. The Morgan fingerprint density at radius 2 is 1.17 bits per heavy atom. The van der Waals surface area contributed by atoms with Crippen molar-refractivity contribution < 1.29 is 0 Å². The average Bonchev–Trinajstić information content (AvgIpc) is 3.58. The number of fused-ring (bicyclic) bond motifs is 13. The normalized spacial score (nSPS) is 15.0. The monoisotopic (exact) mass is 460 g/mol. The van der Waals surface area contributed by atoms with Gasteiger partial charge in [0.2, 0.25) is 0 Å². The fourth-order valence-electron chi connectivity index (χ4n) is 7.40. The van der Waals surface area contributed by atoms with Crippen LogP contribution in [-0.2, 0) is 11.8 Å². The van der Waals surface area contributed by atoms with Crippen LogP contribution in [0.3, 0.4) is 0 Å². The highest BCUT2D eigenvalue weighted by Crippen LogP contribution is 2.64. The summed E-state index contributed by atoms with van der Waals surface area (Å²) in [5.41, 5.74) is 16.7. The molecule has 9 rings (SSSR count). The molecular weight excluding hydrogens is 440 g/mol. The third-order valence-electron chi connectivity index (χ3n) is 8.62. The van der Waals surface area contributed by atoms with Crippen molar-refractivity contribution in [2.45, 2.75) is 11.8 Å². The fraction of sp³-hybridized carbons (Fsp3) is 0.0588. The molecule has 0 radical (unpaired) electrons. The first-order valence-electron chi connectivity index (χ1n) is 12.3. The van der Waals surface area contributed by atoms with Crippen molar-refractivity contribution in [2.24, 2.45) is 0 Å². The van der Waals surface area contributed by atoms with Crippen molar-refractivity contribution in [1.82, 2.24) is 0 Å². The van der Waals surface area contributed by atoms with Crippen LogP contribution in [0.25, 0.3) is 44.2 Å². The van der Waals surface area contributed by atoms with E-state index < -0.39 is 0 Å². The Bertz CT molecular complexity index is 1840. The van der Waals surface area contributed by atoms with Gasteiger partial charge in [0.15, 0.2) is 0 Å². The summed E-state index contributed by atoms with van der Waals surface area (Å²) in [6.07, 6.45) is 1.03. The summed E-state index contributed by atoms with van der Waals surface area (Å²) in [7, 11) is 0. The molecule has 35 heavy (non-hydrogen) atoms. The Balaban J connectivity index is 1.55. The van der Waals surface area contributed by atoms with Gasteiger partial charge in [0, 0.05) is 0 Å². The van der Waals surface area contributed by atoms with E-state index in [2.05, 4.69) is 108 Å². The lowest BCUT2D eigenvalue weighted by atomic mass is 9.69. The van der Waals surface area contributed by atoms with E-state index in [9.17, 15) is 0 Å². The van der Waals surface area contributed by atoms with Gasteiger partial charge in [0.25, 0.3) is 0 Å². The van der Waals surface area contributed by atoms with Gasteiger partial charge < -0.3 is 0 Å². The van der Waals surface area contributed by atoms with Gasteiger partial charge in [0.1, 0.15) is 0 Å². The zero-order chi connectivity index (χ0) is 22.7. The molecule has 0 bridgehead atoms. The molecule has 3 aliphatic carbocycles. The van der Waals surface area contributed by atoms with Gasteiger partial charge in [-0.3, -0.25) is 0 Å². The van der Waals surface area contributed by atoms with Crippen molar-refractivity contribution in [3.8, 4) is 33.4 Å². The second kappa shape index (κ2) is 6.19. The molecule has 0 N–H and O–H groups in total. The average molecular weight is 461 g/mol. The molecule has 0 amide bonds. The minimum Gasteiger partial charge on any atom is -0.151 e. The van der Waals surface area contributed by atoms with E-state index in [1.54, 1.807) is 0 Å². The summed E-state index contributed by atoms with van der Waals surface area (Å²) >= 11 is 1.83. The van der Waals surface area contributed by atoms with E-state index in [4.69, 9.17) is 0 Å². The molecule has 162 valence electrons. The number of thiophene rings is 1. The van der Waals surface area contributed by atoms with Crippen LogP contribution in [0.2, 0.25) is 0 Å². The molecule has 0 nitrogen and oxygen atoms in total. The van der Waals surface area contributed by atoms with E-state index in [0.717, 1.165) is 6.42 Å². The topological polar surface area (TPSA) is 0 Å². The van der Waals surface area contributed by atoms with Gasteiger partial charge in [-0.2, -0.15) is 11.3 Å². The second-order valence-corrected chi connectivity index (χ2v) is 10.8. The number of rotatable bonds is 0. The number of benzene rings is 5. The summed E-state index contributed by atoms with van der Waals surface area (Å²) < 4.78 is 0. The predicted molar refractivity (Wildman–Crippen MR) is 146 cm³/mol. The Morgan fingerprint density at radius 3 is 1.91 bits per heavy atom. The molecule has 1 heteroatoms. The molecule has 0 saturated carbocycles. The molecule has 0 atom stereocenters. The van der Waals surface area contributed by atoms with Crippen LogP contribution in [-0.4, -0.2) is 0 Å². The van der Waals surface area contributed by atoms with Crippen LogP contribution in [0.5, 0.6) is 0 Å². The molecule has 0 unspecified atom stereocenters. The minimum absolute atomic E-state index is 0.284. The van der Waals surface area contributed by atoms with Gasteiger partial charge >= 0.3 is 0 Å². The predicted octanol–water partition coefficient (Wildman–Crippen LogP) is 8.82. The van der Waals surface area contributed by atoms with Crippen LogP contribution in [0.4, 0.5) is 0 Å². The van der Waals surface area contributed by atoms with E-state index >= 15 is 0 Å². The van der Waals surface area contributed by atoms with Crippen LogP contribution in [0.1, 0.15) is 33.4 Å². The Labute approximate surface area is 208 Å². The van der Waals surface area contributed by atoms with Crippen LogP contribution in [0.15, 0.2) is 108 Å². The third-order valence-corrected chi connectivity index (χ3v) is 9.41. The third kappa shape index (κ3) is 1.99. The van der Waals surface area contributed by atoms with Crippen LogP contribution >= 0.6 is 11.3 Å². The maximum absolute atomic E-state index is 2.56. The van der Waals surface area contributed by atoms with E-state index in [1.807, 2.05) is 11.3 Å². The molecule has 6 aromatic rings. The van der Waals surface area contributed by atoms with Crippen molar-refractivity contribution in [2.75, 3.05) is 0 Å². The zero-order valence-corrected chi connectivity index (χ0v) is 19.8. The molecule has 5 aromatic carbocycles. The Kier molecular flexibility index (Phi) is 3.25. The summed E-state index contributed by atoms with van der Waals surface area (Å²) in [6, 6.07) is 36.8. The van der Waals surface area contributed by atoms with Crippen LogP contribution in [0, 0.1) is 0 Å². The smallest absolute Gasteiger partial charge is 0.0725 e. The highest BCUT2D eigenvalue weighted by Gasteiger charge is 2.52. The van der Waals surface area contributed by atoms with Crippen molar-refractivity contribution >= 4 is 22.1 Å². The molecular formula is C34H20S. The maximum Gasteiger partial charge on any atom is 0.0725 e. The minimum atomic E-state index is -0.284. The van der Waals surface area contributed by atoms with Crippen molar-refractivity contribution in [3.05, 3.63) is 141 Å². The van der Waals surface area contributed by atoms with Gasteiger partial charge in [-0.05, 0) is 101 Å². The van der Waals surface area contributed by atoms with Crippen LogP contribution < -0.4 is 0 Å². The maximum atomic E-state index is 2.56. The quantitative estimate of drug-likeness (QED) is 0.212. The molecule has 1 spiro atoms. The molecule has 1 aromatic heterocycles. The number of hydrogen-bond acceptors (Lipinski definition) is 1. The highest BCUT2D eigenvalue weighted by atomic mass is 32.1. The van der Waals surface area contributed by atoms with Gasteiger partial charge in [-0.25, -0.2) is 0 Å². The second-order valence-electron chi connectivity index (χ2n) is 10.1. The summed E-state index contributed by atoms with van der Waals surface area (Å²) in [6.45, 7) is 0. The molecule has 0 aliphatic heterocycles. The number of hydrogen-bond donors (Lipinski definition) is 0. The first-order valence-corrected chi connectivity index (χ1v) is 13.3. The van der Waals surface area contributed by atoms with Gasteiger partial charge in [0.05, 0.1) is 5.41 Å². The molecule has 3 aliphatic rings. The van der Waals surface area contributed by atoms with E-state index in [-0.39, 0.29) is 5.41 Å². The standard InChI is InChI=1S/C34H20S/c1-4-13-28-22(9-1)23-10-2-5-14-29(23)34(28)30-15-6-3-11-24(30)33-25-12-7-8-20-16-21-18-35-19-27(21)26(32(20)25)17-31(33)34/h1-15,17-19H,16H2. The highest BCUT2D eigenvalue weighted by molar-refractivity contribution is 7.08. The van der Waals surface area contributed by atoms with E-state index in [1.165, 1.54) is 77.5 Å². The lowest BCUT2D eigenvalue weighted by molar-refractivity contribution is 0.794. The largest absolute Gasteiger partial charge is 0.151 e. The molecule has 0 saturated heterocycles. The summed E-state index contributed by atoms with van der Waals surface area (Å²) in [5, 5.41) is 7.55. The first kappa shape index (κ1) is 18.4. The van der Waals surface area contributed by atoms with Gasteiger partial charge in [-0.1, -0.05) is 91.0 Å². The first-order chi connectivity index (χ1) is 17.4. The Hall–Kier alpha value is -3.94.